The lowest BCUT2D eigenvalue weighted by atomic mass is 10.2. The lowest BCUT2D eigenvalue weighted by Gasteiger charge is -2.12. The monoisotopic (exact) mass is 325 g/mol. The summed E-state index contributed by atoms with van der Waals surface area (Å²) < 4.78 is 3.76. The van der Waals surface area contributed by atoms with E-state index in [0.29, 0.717) is 5.95 Å². The first-order valence-electron chi connectivity index (χ1n) is 8.19. The van der Waals surface area contributed by atoms with Gasteiger partial charge in [0, 0.05) is 43.3 Å². The predicted molar refractivity (Wildman–Crippen MR) is 93.5 cm³/mol. The van der Waals surface area contributed by atoms with Gasteiger partial charge in [0.25, 0.3) is 0 Å². The van der Waals surface area contributed by atoms with Crippen molar-refractivity contribution in [2.45, 2.75) is 39.8 Å². The highest BCUT2D eigenvalue weighted by Crippen LogP contribution is 2.22. The molecule has 1 unspecified atom stereocenters. The van der Waals surface area contributed by atoms with Gasteiger partial charge in [-0.15, -0.1) is 0 Å². The standard InChI is InChI=1S/C17H23N7/c1-5-8-24-11-15(13(3)22-24)16-6-7-18-17(21-16)20-12(2)14-9-19-23(4)10-14/h6-7,9-12H,5,8H2,1-4H3,(H,18,20,21). The summed E-state index contributed by atoms with van der Waals surface area (Å²) in [5, 5.41) is 12.1. The van der Waals surface area contributed by atoms with Crippen LogP contribution in [0.5, 0.6) is 0 Å². The zero-order chi connectivity index (χ0) is 17.1. The molecule has 126 valence electrons. The van der Waals surface area contributed by atoms with Gasteiger partial charge in [0.05, 0.1) is 23.6 Å². The largest absolute Gasteiger partial charge is 0.348 e. The van der Waals surface area contributed by atoms with E-state index in [1.54, 1.807) is 10.9 Å². The molecule has 3 aromatic heterocycles. The van der Waals surface area contributed by atoms with Crippen LogP contribution in [0, 0.1) is 6.92 Å². The van der Waals surface area contributed by atoms with Crippen molar-refractivity contribution >= 4 is 5.95 Å². The molecule has 1 atom stereocenters. The number of hydrogen-bond acceptors (Lipinski definition) is 5. The Morgan fingerprint density at radius 1 is 1.29 bits per heavy atom. The van der Waals surface area contributed by atoms with Gasteiger partial charge in [-0.25, -0.2) is 9.97 Å². The molecule has 0 aliphatic rings. The van der Waals surface area contributed by atoms with E-state index in [4.69, 9.17) is 0 Å². The maximum absolute atomic E-state index is 4.65. The second-order valence-corrected chi connectivity index (χ2v) is 5.97. The zero-order valence-corrected chi connectivity index (χ0v) is 14.6. The number of rotatable bonds is 6. The van der Waals surface area contributed by atoms with E-state index >= 15 is 0 Å². The molecular weight excluding hydrogens is 302 g/mol. The molecule has 0 radical (unpaired) electrons. The highest BCUT2D eigenvalue weighted by molar-refractivity contribution is 5.61. The van der Waals surface area contributed by atoms with E-state index < -0.39 is 0 Å². The fourth-order valence-corrected chi connectivity index (χ4v) is 2.63. The summed E-state index contributed by atoms with van der Waals surface area (Å²) in [5.74, 6) is 0.603. The highest BCUT2D eigenvalue weighted by atomic mass is 15.3. The van der Waals surface area contributed by atoms with Gasteiger partial charge in [-0.2, -0.15) is 10.2 Å². The van der Waals surface area contributed by atoms with Crippen LogP contribution in [0.15, 0.2) is 30.9 Å². The molecular formula is C17H23N7. The van der Waals surface area contributed by atoms with E-state index in [1.807, 2.05) is 37.1 Å². The third-order valence-electron chi connectivity index (χ3n) is 3.90. The molecule has 0 aromatic carbocycles. The van der Waals surface area contributed by atoms with Gasteiger partial charge >= 0.3 is 0 Å². The van der Waals surface area contributed by atoms with Crippen LogP contribution in [0.2, 0.25) is 0 Å². The van der Waals surface area contributed by atoms with Crippen molar-refractivity contribution in [3.63, 3.8) is 0 Å². The van der Waals surface area contributed by atoms with Gasteiger partial charge in [-0.1, -0.05) is 6.92 Å². The predicted octanol–water partition coefficient (Wildman–Crippen LogP) is 2.97. The van der Waals surface area contributed by atoms with Gasteiger partial charge in [0.2, 0.25) is 5.95 Å². The minimum absolute atomic E-state index is 0.0814. The Balaban J connectivity index is 1.81. The van der Waals surface area contributed by atoms with Crippen molar-refractivity contribution in [2.24, 2.45) is 7.05 Å². The fourth-order valence-electron chi connectivity index (χ4n) is 2.63. The lowest BCUT2D eigenvalue weighted by molar-refractivity contribution is 0.598. The van der Waals surface area contributed by atoms with Crippen LogP contribution in [-0.2, 0) is 13.6 Å². The van der Waals surface area contributed by atoms with Gasteiger partial charge in [0.1, 0.15) is 0 Å². The summed E-state index contributed by atoms with van der Waals surface area (Å²) >= 11 is 0. The molecule has 7 nitrogen and oxygen atoms in total. The van der Waals surface area contributed by atoms with Crippen molar-refractivity contribution in [3.8, 4) is 11.3 Å². The maximum Gasteiger partial charge on any atom is 0.223 e. The van der Waals surface area contributed by atoms with E-state index in [0.717, 1.165) is 35.5 Å². The van der Waals surface area contributed by atoms with Crippen LogP contribution in [0.4, 0.5) is 5.95 Å². The van der Waals surface area contributed by atoms with Crippen molar-refractivity contribution in [1.29, 1.82) is 0 Å². The molecule has 0 aliphatic heterocycles. The number of nitrogens with one attached hydrogen (secondary N) is 1. The molecule has 0 aliphatic carbocycles. The van der Waals surface area contributed by atoms with Crippen LogP contribution >= 0.6 is 0 Å². The third kappa shape index (κ3) is 3.45. The molecule has 7 heteroatoms. The van der Waals surface area contributed by atoms with Crippen molar-refractivity contribution < 1.29 is 0 Å². The maximum atomic E-state index is 4.65. The van der Waals surface area contributed by atoms with Crippen molar-refractivity contribution in [3.05, 3.63) is 42.1 Å². The zero-order valence-electron chi connectivity index (χ0n) is 14.6. The second kappa shape index (κ2) is 6.82. The summed E-state index contributed by atoms with van der Waals surface area (Å²) in [6, 6.07) is 2.00. The Kier molecular flexibility index (Phi) is 4.59. The first-order chi connectivity index (χ1) is 11.6. The Morgan fingerprint density at radius 2 is 2.12 bits per heavy atom. The summed E-state index contributed by atoms with van der Waals surface area (Å²) in [6.07, 6.45) is 8.72. The molecule has 0 bridgehead atoms. The minimum atomic E-state index is 0.0814. The van der Waals surface area contributed by atoms with Crippen LogP contribution in [0.1, 0.15) is 37.6 Å². The van der Waals surface area contributed by atoms with Crippen LogP contribution < -0.4 is 5.32 Å². The van der Waals surface area contributed by atoms with Crippen LogP contribution in [0.25, 0.3) is 11.3 Å². The lowest BCUT2D eigenvalue weighted by Crippen LogP contribution is -2.09. The summed E-state index contributed by atoms with van der Waals surface area (Å²) in [7, 11) is 1.91. The van der Waals surface area contributed by atoms with Crippen LogP contribution in [-0.4, -0.2) is 29.5 Å². The fraction of sp³-hybridized carbons (Fsp3) is 0.412. The smallest absolute Gasteiger partial charge is 0.223 e. The molecule has 24 heavy (non-hydrogen) atoms. The summed E-state index contributed by atoms with van der Waals surface area (Å²) in [5.41, 5.74) is 4.00. The molecule has 0 fully saturated rings. The SMILES string of the molecule is CCCn1cc(-c2ccnc(NC(C)c3cnn(C)c3)n2)c(C)n1. The minimum Gasteiger partial charge on any atom is -0.348 e. The molecule has 0 saturated carbocycles. The van der Waals surface area contributed by atoms with Crippen LogP contribution in [0.3, 0.4) is 0 Å². The van der Waals surface area contributed by atoms with Crippen molar-refractivity contribution in [2.75, 3.05) is 5.32 Å². The summed E-state index contributed by atoms with van der Waals surface area (Å²) in [6.45, 7) is 7.13. The molecule has 0 spiro atoms. The van der Waals surface area contributed by atoms with Gasteiger partial charge in [-0.3, -0.25) is 9.36 Å². The molecule has 1 N–H and O–H groups in total. The van der Waals surface area contributed by atoms with E-state index in [1.165, 1.54) is 0 Å². The first kappa shape index (κ1) is 16.2. The Hall–Kier alpha value is -2.70. The quantitative estimate of drug-likeness (QED) is 0.754. The van der Waals surface area contributed by atoms with E-state index in [2.05, 4.69) is 45.5 Å². The second-order valence-electron chi connectivity index (χ2n) is 5.97. The van der Waals surface area contributed by atoms with Gasteiger partial charge < -0.3 is 5.32 Å². The number of aromatic nitrogens is 6. The van der Waals surface area contributed by atoms with E-state index in [-0.39, 0.29) is 6.04 Å². The van der Waals surface area contributed by atoms with Gasteiger partial charge in [-0.05, 0) is 26.3 Å². The molecule has 0 amide bonds. The van der Waals surface area contributed by atoms with E-state index in [9.17, 15) is 0 Å². The van der Waals surface area contributed by atoms with Crippen molar-refractivity contribution in [1.82, 2.24) is 29.5 Å². The third-order valence-corrected chi connectivity index (χ3v) is 3.90. The molecule has 3 rings (SSSR count). The first-order valence-corrected chi connectivity index (χ1v) is 8.19. The molecule has 3 aromatic rings. The summed E-state index contributed by atoms with van der Waals surface area (Å²) in [4.78, 5) is 8.98. The topological polar surface area (TPSA) is 73.5 Å². The number of nitrogens with zero attached hydrogens (tertiary/aromatic N) is 6. The normalized spacial score (nSPS) is 12.3. The highest BCUT2D eigenvalue weighted by Gasteiger charge is 2.12. The Labute approximate surface area is 141 Å². The number of aryl methyl sites for hydroxylation is 3. The Bertz CT molecular complexity index is 818. The average Bonchev–Trinajstić information content (AvgIpc) is 3.14. The number of hydrogen-bond donors (Lipinski definition) is 1. The molecule has 0 saturated heterocycles. The Morgan fingerprint density at radius 3 is 2.83 bits per heavy atom. The number of anilines is 1. The van der Waals surface area contributed by atoms with Gasteiger partial charge in [0.15, 0.2) is 0 Å². The average molecular weight is 325 g/mol. The molecule has 3 heterocycles.